The number of pyridine rings is 1. The molecular weight excluding hydrogens is 395 g/mol. The summed E-state index contributed by atoms with van der Waals surface area (Å²) in [5, 5.41) is 8.79. The van der Waals surface area contributed by atoms with Gasteiger partial charge in [0, 0.05) is 5.92 Å². The Morgan fingerprint density at radius 1 is 1.18 bits per heavy atom. The van der Waals surface area contributed by atoms with Gasteiger partial charge in [-0.1, -0.05) is 6.92 Å². The molecule has 5 nitrogen and oxygen atoms in total. The van der Waals surface area contributed by atoms with Crippen molar-refractivity contribution in [3.63, 3.8) is 0 Å². The highest BCUT2D eigenvalue weighted by atomic mass is 19.4. The summed E-state index contributed by atoms with van der Waals surface area (Å²) in [6, 6.07) is -2.24. The van der Waals surface area contributed by atoms with Gasteiger partial charge in [0.25, 0.3) is 0 Å². The van der Waals surface area contributed by atoms with Crippen molar-refractivity contribution < 1.29 is 30.7 Å². The van der Waals surface area contributed by atoms with Crippen LogP contribution in [0.2, 0.25) is 0 Å². The third-order valence-electron chi connectivity index (χ3n) is 4.26. The number of allylic oxidation sites excluding steroid dienone is 4. The number of rotatable bonds is 3. The molecule has 0 radical (unpaired) electrons. The van der Waals surface area contributed by atoms with Gasteiger partial charge in [0.05, 0.1) is 16.8 Å². The van der Waals surface area contributed by atoms with Crippen molar-refractivity contribution >= 4 is 22.4 Å². The average Bonchev–Trinajstić information content (AvgIpc) is 2.61. The number of anilines is 1. The Morgan fingerprint density at radius 3 is 2.50 bits per heavy atom. The zero-order valence-corrected chi connectivity index (χ0v) is 14.3. The summed E-state index contributed by atoms with van der Waals surface area (Å²) in [7, 11) is 0. The van der Waals surface area contributed by atoms with Gasteiger partial charge in [-0.25, -0.2) is 18.2 Å². The van der Waals surface area contributed by atoms with Crippen molar-refractivity contribution in [2.75, 3.05) is 5.32 Å². The monoisotopic (exact) mass is 407 g/mol. The van der Waals surface area contributed by atoms with E-state index < -0.39 is 64.4 Å². The standard InChI is InChI=1S/C16H12F7N5/c1-5-7(17)3-8(18)9(11(5)19)10-12(26-6(2)16(21,22)23)13-15(27-14(10)20)28-25-4-24-13/h3-7H,1-2H3,(H,26,27,28). The lowest BCUT2D eigenvalue weighted by Gasteiger charge is -2.25. The maximum absolute atomic E-state index is 14.7. The van der Waals surface area contributed by atoms with Crippen LogP contribution in [-0.4, -0.2) is 38.6 Å². The lowest BCUT2D eigenvalue weighted by atomic mass is 9.89. The van der Waals surface area contributed by atoms with Gasteiger partial charge >= 0.3 is 6.18 Å². The summed E-state index contributed by atoms with van der Waals surface area (Å²) in [6.45, 7) is 1.81. The molecule has 28 heavy (non-hydrogen) atoms. The predicted octanol–water partition coefficient (Wildman–Crippen LogP) is 4.44. The molecule has 0 bridgehead atoms. The molecule has 1 N–H and O–H groups in total. The first-order chi connectivity index (χ1) is 13.0. The number of hydrogen-bond donors (Lipinski definition) is 1. The van der Waals surface area contributed by atoms with Gasteiger partial charge in [-0.15, -0.1) is 10.2 Å². The molecule has 3 rings (SSSR count). The van der Waals surface area contributed by atoms with Gasteiger partial charge < -0.3 is 5.32 Å². The van der Waals surface area contributed by atoms with E-state index in [1.807, 2.05) is 5.32 Å². The van der Waals surface area contributed by atoms with Crippen LogP contribution >= 0.6 is 0 Å². The molecule has 3 unspecified atom stereocenters. The van der Waals surface area contributed by atoms with Crippen LogP contribution in [0.15, 0.2) is 24.1 Å². The van der Waals surface area contributed by atoms with Gasteiger partial charge in [0.2, 0.25) is 11.6 Å². The van der Waals surface area contributed by atoms with E-state index in [4.69, 9.17) is 0 Å². The minimum absolute atomic E-state index is 0.384. The van der Waals surface area contributed by atoms with E-state index in [1.165, 1.54) is 0 Å². The lowest BCUT2D eigenvalue weighted by Crippen LogP contribution is -2.34. The number of fused-ring (bicyclic) bond motifs is 1. The fraction of sp³-hybridized carbons (Fsp3) is 0.375. The Bertz CT molecular complexity index is 985. The van der Waals surface area contributed by atoms with Crippen LogP contribution in [0.25, 0.3) is 16.7 Å². The number of nitrogens with one attached hydrogen (secondary N) is 1. The van der Waals surface area contributed by atoms with Gasteiger partial charge in [-0.05, 0) is 13.0 Å². The van der Waals surface area contributed by atoms with Gasteiger partial charge in [0.1, 0.15) is 35.7 Å². The molecule has 1 aliphatic carbocycles. The van der Waals surface area contributed by atoms with E-state index in [2.05, 4.69) is 20.2 Å². The third-order valence-corrected chi connectivity index (χ3v) is 4.26. The SMILES string of the molecule is CC1C(F)=C(c2c(F)nc3nncnc3c2NC(C)C(F)(F)F)C(F)=CC1F. The van der Waals surface area contributed by atoms with Crippen LogP contribution in [0.1, 0.15) is 19.4 Å². The second-order valence-corrected chi connectivity index (χ2v) is 6.16. The van der Waals surface area contributed by atoms with E-state index in [1.54, 1.807) is 0 Å². The highest BCUT2D eigenvalue weighted by molar-refractivity contribution is 5.96. The van der Waals surface area contributed by atoms with Crippen LogP contribution < -0.4 is 5.32 Å². The summed E-state index contributed by atoms with van der Waals surface area (Å²) in [5.41, 5.74) is -3.50. The molecular formula is C16H12F7N5. The fourth-order valence-corrected chi connectivity index (χ4v) is 2.65. The molecule has 0 amide bonds. The second kappa shape index (κ2) is 6.99. The first kappa shape index (κ1) is 20.0. The maximum Gasteiger partial charge on any atom is 0.408 e. The largest absolute Gasteiger partial charge is 0.408 e. The van der Waals surface area contributed by atoms with Crippen LogP contribution in [0.3, 0.4) is 0 Å². The normalized spacial score (nSPS) is 21.7. The topological polar surface area (TPSA) is 63.6 Å². The molecule has 0 saturated heterocycles. The van der Waals surface area contributed by atoms with Gasteiger partial charge in [0.15, 0.2) is 0 Å². The molecule has 0 fully saturated rings. The van der Waals surface area contributed by atoms with E-state index in [0.717, 1.165) is 20.2 Å². The van der Waals surface area contributed by atoms with Crippen LogP contribution in [0.4, 0.5) is 36.4 Å². The van der Waals surface area contributed by atoms with Crippen molar-refractivity contribution in [3.8, 4) is 0 Å². The number of halogens is 7. The molecule has 2 aromatic rings. The Kier molecular flexibility index (Phi) is 4.98. The molecule has 2 aromatic heterocycles. The molecule has 1 aliphatic rings. The molecule has 0 saturated carbocycles. The lowest BCUT2D eigenvalue weighted by molar-refractivity contribution is -0.138. The smallest absolute Gasteiger partial charge is 0.372 e. The average molecular weight is 407 g/mol. The van der Waals surface area contributed by atoms with E-state index in [9.17, 15) is 30.7 Å². The second-order valence-electron chi connectivity index (χ2n) is 6.16. The summed E-state index contributed by atoms with van der Waals surface area (Å²) in [6.07, 6.45) is -5.51. The number of aromatic nitrogens is 4. The van der Waals surface area contributed by atoms with Crippen molar-refractivity contribution in [2.45, 2.75) is 32.2 Å². The molecule has 0 spiro atoms. The third kappa shape index (κ3) is 3.38. The highest BCUT2D eigenvalue weighted by Crippen LogP contribution is 2.44. The predicted molar refractivity (Wildman–Crippen MR) is 85.5 cm³/mol. The Hall–Kier alpha value is -2.79. The van der Waals surface area contributed by atoms with Crippen molar-refractivity contribution in [2.24, 2.45) is 5.92 Å². The minimum Gasteiger partial charge on any atom is -0.372 e. The summed E-state index contributed by atoms with van der Waals surface area (Å²) in [5.74, 6) is -5.81. The Balaban J connectivity index is 2.32. The van der Waals surface area contributed by atoms with E-state index in [0.29, 0.717) is 6.08 Å². The minimum atomic E-state index is -4.77. The number of alkyl halides is 4. The quantitative estimate of drug-likeness (QED) is 0.602. The maximum atomic E-state index is 14.7. The van der Waals surface area contributed by atoms with E-state index >= 15 is 0 Å². The van der Waals surface area contributed by atoms with Crippen molar-refractivity contribution in [1.29, 1.82) is 0 Å². The van der Waals surface area contributed by atoms with E-state index in [-0.39, 0.29) is 5.52 Å². The molecule has 150 valence electrons. The first-order valence-corrected chi connectivity index (χ1v) is 7.94. The van der Waals surface area contributed by atoms with Crippen LogP contribution in [0.5, 0.6) is 0 Å². The summed E-state index contributed by atoms with van der Waals surface area (Å²) in [4.78, 5) is 7.08. The number of hydrogen-bond acceptors (Lipinski definition) is 5. The molecule has 0 aliphatic heterocycles. The van der Waals surface area contributed by atoms with Crippen molar-refractivity contribution in [1.82, 2.24) is 20.2 Å². The van der Waals surface area contributed by atoms with Crippen LogP contribution in [0, 0.1) is 11.9 Å². The summed E-state index contributed by atoms with van der Waals surface area (Å²) >= 11 is 0. The zero-order chi connectivity index (χ0) is 20.8. The number of nitrogens with zero attached hydrogens (tertiary/aromatic N) is 4. The zero-order valence-electron chi connectivity index (χ0n) is 14.3. The van der Waals surface area contributed by atoms with Crippen molar-refractivity contribution in [3.05, 3.63) is 35.6 Å². The Morgan fingerprint density at radius 2 is 1.86 bits per heavy atom. The highest BCUT2D eigenvalue weighted by Gasteiger charge is 2.39. The molecule has 2 heterocycles. The molecule has 0 aromatic carbocycles. The van der Waals surface area contributed by atoms with Gasteiger partial charge in [-0.3, -0.25) is 0 Å². The van der Waals surface area contributed by atoms with Gasteiger partial charge in [-0.2, -0.15) is 22.5 Å². The Labute approximate surface area is 153 Å². The first-order valence-electron chi connectivity index (χ1n) is 7.94. The molecule has 12 heteroatoms. The molecule has 3 atom stereocenters. The van der Waals surface area contributed by atoms with Crippen LogP contribution in [-0.2, 0) is 0 Å². The fourth-order valence-electron chi connectivity index (χ4n) is 2.65. The summed E-state index contributed by atoms with van der Waals surface area (Å²) < 4.78 is 96.5.